The van der Waals surface area contributed by atoms with Gasteiger partial charge in [0, 0.05) is 19.7 Å². The molecule has 1 N–H and O–H groups in total. The number of hydrogen-bond acceptors (Lipinski definition) is 4. The van der Waals surface area contributed by atoms with Crippen molar-refractivity contribution in [3.8, 4) is 0 Å². The second-order valence-corrected chi connectivity index (χ2v) is 4.58. The summed E-state index contributed by atoms with van der Waals surface area (Å²) < 4.78 is 5.68. The van der Waals surface area contributed by atoms with Crippen molar-refractivity contribution in [3.63, 3.8) is 0 Å². The maximum Gasteiger partial charge on any atom is 0.273 e. The van der Waals surface area contributed by atoms with E-state index in [0.717, 1.165) is 4.88 Å². The summed E-state index contributed by atoms with van der Waals surface area (Å²) in [4.78, 5) is 13.3. The van der Waals surface area contributed by atoms with Crippen LogP contribution >= 0.6 is 11.3 Å². The van der Waals surface area contributed by atoms with Crippen LogP contribution in [0.1, 0.15) is 18.0 Å². The number of guanidine groups is 1. The van der Waals surface area contributed by atoms with Gasteiger partial charge in [0.15, 0.2) is 11.3 Å². The van der Waals surface area contributed by atoms with Crippen LogP contribution in [0.15, 0.2) is 22.6 Å². The van der Waals surface area contributed by atoms with E-state index in [4.69, 9.17) is 4.74 Å². The Morgan fingerprint density at radius 2 is 2.61 bits per heavy atom. The number of hydrazone groups is 1. The van der Waals surface area contributed by atoms with Crippen LogP contribution in [0, 0.1) is 10.1 Å². The first-order chi connectivity index (χ1) is 8.72. The Kier molecular flexibility index (Phi) is 4.11. The second kappa shape index (κ2) is 5.78. The number of ether oxygens (including phenoxy) is 1. The van der Waals surface area contributed by atoms with Gasteiger partial charge < -0.3 is 15.0 Å². The highest BCUT2D eigenvalue weighted by atomic mass is 32.1. The molecule has 1 aliphatic rings. The van der Waals surface area contributed by atoms with Crippen LogP contribution in [0.25, 0.3) is 0 Å². The molecule has 0 spiro atoms. The SMILES string of the molecule is CCOC(c1cccs1)N1CCNC1=N[N+](=O)[O-]. The van der Waals surface area contributed by atoms with E-state index >= 15 is 0 Å². The number of hydrogen-bond donors (Lipinski definition) is 1. The first-order valence-corrected chi connectivity index (χ1v) is 6.49. The van der Waals surface area contributed by atoms with Crippen LogP contribution in [-0.2, 0) is 4.74 Å². The predicted molar refractivity (Wildman–Crippen MR) is 67.8 cm³/mol. The molecule has 1 saturated heterocycles. The van der Waals surface area contributed by atoms with Gasteiger partial charge in [0.05, 0.1) is 4.88 Å². The molecule has 2 heterocycles. The summed E-state index contributed by atoms with van der Waals surface area (Å²) in [6, 6.07) is 3.88. The van der Waals surface area contributed by atoms with E-state index in [1.165, 1.54) is 0 Å². The summed E-state index contributed by atoms with van der Waals surface area (Å²) >= 11 is 1.56. The van der Waals surface area contributed by atoms with Crippen LogP contribution in [0.3, 0.4) is 0 Å². The molecule has 1 unspecified atom stereocenters. The van der Waals surface area contributed by atoms with Gasteiger partial charge >= 0.3 is 0 Å². The summed E-state index contributed by atoms with van der Waals surface area (Å²) in [5.41, 5.74) is 0. The highest BCUT2D eigenvalue weighted by molar-refractivity contribution is 7.10. The van der Waals surface area contributed by atoms with Gasteiger partial charge in [-0.25, -0.2) is 10.1 Å². The van der Waals surface area contributed by atoms with E-state index in [9.17, 15) is 10.1 Å². The fourth-order valence-corrected chi connectivity index (χ4v) is 2.59. The minimum absolute atomic E-state index is 0.256. The molecule has 7 nitrogen and oxygen atoms in total. The molecular formula is C10H14N4O3S. The molecule has 18 heavy (non-hydrogen) atoms. The van der Waals surface area contributed by atoms with Crippen molar-refractivity contribution in [1.29, 1.82) is 0 Å². The number of nitrogens with zero attached hydrogens (tertiary/aromatic N) is 3. The largest absolute Gasteiger partial charge is 0.353 e. The summed E-state index contributed by atoms with van der Waals surface area (Å²) in [7, 11) is 0. The topological polar surface area (TPSA) is 80.0 Å². The maximum absolute atomic E-state index is 10.5. The molecule has 1 aromatic rings. The van der Waals surface area contributed by atoms with Crippen LogP contribution in [-0.4, -0.2) is 35.6 Å². The van der Waals surface area contributed by atoms with E-state index < -0.39 is 5.03 Å². The van der Waals surface area contributed by atoms with Gasteiger partial charge in [-0.05, 0) is 18.4 Å². The van der Waals surface area contributed by atoms with Crippen LogP contribution in [0.4, 0.5) is 0 Å². The molecule has 0 aliphatic carbocycles. The van der Waals surface area contributed by atoms with Gasteiger partial charge in [0.2, 0.25) is 0 Å². The average molecular weight is 270 g/mol. The van der Waals surface area contributed by atoms with Crippen molar-refractivity contribution in [3.05, 3.63) is 32.5 Å². The molecule has 0 radical (unpaired) electrons. The summed E-state index contributed by atoms with van der Waals surface area (Å²) in [6.45, 7) is 3.69. The Hall–Kier alpha value is -1.67. The smallest absolute Gasteiger partial charge is 0.273 e. The quantitative estimate of drug-likeness (QED) is 0.643. The van der Waals surface area contributed by atoms with E-state index in [1.54, 1.807) is 16.2 Å². The molecule has 1 aliphatic heterocycles. The molecule has 1 fully saturated rings. The van der Waals surface area contributed by atoms with Crippen molar-refractivity contribution in [2.75, 3.05) is 19.7 Å². The number of thiophene rings is 1. The normalized spacial score (nSPS) is 18.9. The van der Waals surface area contributed by atoms with Crippen molar-refractivity contribution >= 4 is 17.3 Å². The fourth-order valence-electron chi connectivity index (χ4n) is 1.81. The van der Waals surface area contributed by atoms with Crippen LogP contribution in [0.5, 0.6) is 0 Å². The summed E-state index contributed by atoms with van der Waals surface area (Å²) in [5.74, 6) is 0.256. The lowest BCUT2D eigenvalue weighted by Crippen LogP contribution is -2.35. The number of rotatable bonds is 5. The minimum atomic E-state index is -0.696. The second-order valence-electron chi connectivity index (χ2n) is 3.60. The minimum Gasteiger partial charge on any atom is -0.353 e. The van der Waals surface area contributed by atoms with Crippen molar-refractivity contribution in [2.24, 2.45) is 5.10 Å². The average Bonchev–Trinajstić information content (AvgIpc) is 2.96. The highest BCUT2D eigenvalue weighted by Gasteiger charge is 2.30. The lowest BCUT2D eigenvalue weighted by molar-refractivity contribution is -0.486. The van der Waals surface area contributed by atoms with Gasteiger partial charge in [-0.3, -0.25) is 0 Å². The van der Waals surface area contributed by atoms with Gasteiger partial charge in [-0.15, -0.1) is 11.3 Å². The predicted octanol–water partition coefficient (Wildman–Crippen LogP) is 1.24. The molecule has 0 aromatic carbocycles. The Bertz CT molecular complexity index is 434. The van der Waals surface area contributed by atoms with Gasteiger partial charge in [0.1, 0.15) is 5.10 Å². The first kappa shape index (κ1) is 12.8. The summed E-state index contributed by atoms with van der Waals surface area (Å²) in [6.07, 6.45) is -0.316. The molecule has 1 aromatic heterocycles. The van der Waals surface area contributed by atoms with E-state index in [1.807, 2.05) is 24.4 Å². The van der Waals surface area contributed by atoms with Gasteiger partial charge in [0.25, 0.3) is 5.96 Å². The van der Waals surface area contributed by atoms with Gasteiger partial charge in [-0.2, -0.15) is 0 Å². The third kappa shape index (κ3) is 2.77. The highest BCUT2D eigenvalue weighted by Crippen LogP contribution is 2.27. The Morgan fingerprint density at radius 1 is 1.78 bits per heavy atom. The lowest BCUT2D eigenvalue weighted by atomic mass is 10.4. The van der Waals surface area contributed by atoms with Crippen molar-refractivity contribution in [2.45, 2.75) is 13.2 Å². The van der Waals surface area contributed by atoms with Crippen molar-refractivity contribution < 1.29 is 9.77 Å². The van der Waals surface area contributed by atoms with Gasteiger partial charge in [-0.1, -0.05) is 6.07 Å². The zero-order valence-corrected chi connectivity index (χ0v) is 10.7. The third-order valence-corrected chi connectivity index (χ3v) is 3.38. The molecule has 0 amide bonds. The monoisotopic (exact) mass is 270 g/mol. The number of nitro groups is 1. The van der Waals surface area contributed by atoms with E-state index in [-0.39, 0.29) is 12.2 Å². The van der Waals surface area contributed by atoms with Crippen LogP contribution < -0.4 is 5.32 Å². The van der Waals surface area contributed by atoms with Crippen LogP contribution in [0.2, 0.25) is 0 Å². The molecule has 0 bridgehead atoms. The molecule has 2 rings (SSSR count). The third-order valence-electron chi connectivity index (χ3n) is 2.48. The molecular weight excluding hydrogens is 256 g/mol. The van der Waals surface area contributed by atoms with Crippen molar-refractivity contribution in [1.82, 2.24) is 10.2 Å². The van der Waals surface area contributed by atoms with E-state index in [0.29, 0.717) is 19.7 Å². The zero-order chi connectivity index (χ0) is 13.0. The number of nitrogens with one attached hydrogen (secondary N) is 1. The first-order valence-electron chi connectivity index (χ1n) is 5.61. The Labute approximate surface area is 108 Å². The standard InChI is InChI=1S/C10H14N4O3S/c1-2-17-9(8-4-3-7-18-8)13-6-5-11-10(13)12-14(15)16/h3-4,7,9H,2,5-6H2,1H3,(H,11,12). The lowest BCUT2D eigenvalue weighted by Gasteiger charge is -2.26. The summed E-state index contributed by atoms with van der Waals surface area (Å²) in [5, 5.41) is 18.0. The Balaban J connectivity index is 2.22. The molecule has 1 atom stereocenters. The molecule has 98 valence electrons. The molecule has 8 heteroatoms. The maximum atomic E-state index is 10.5. The Morgan fingerprint density at radius 3 is 3.22 bits per heavy atom. The molecule has 0 saturated carbocycles. The fraction of sp³-hybridized carbons (Fsp3) is 0.500. The van der Waals surface area contributed by atoms with E-state index in [2.05, 4.69) is 10.4 Å². The zero-order valence-electron chi connectivity index (χ0n) is 9.91.